The molecule has 45 heavy (non-hydrogen) atoms. The van der Waals surface area contributed by atoms with Gasteiger partial charge in [0.1, 0.15) is 17.4 Å². The molecular formula is C40H24N4O. The highest BCUT2D eigenvalue weighted by Gasteiger charge is 2.21. The van der Waals surface area contributed by atoms with Gasteiger partial charge >= 0.3 is 0 Å². The van der Waals surface area contributed by atoms with Crippen LogP contribution in [-0.4, -0.2) is 19.1 Å². The average Bonchev–Trinajstić information content (AvgIpc) is 3.76. The van der Waals surface area contributed by atoms with Gasteiger partial charge in [0.2, 0.25) is 0 Å². The van der Waals surface area contributed by atoms with Crippen molar-refractivity contribution >= 4 is 65.7 Å². The van der Waals surface area contributed by atoms with Crippen LogP contribution in [-0.2, 0) is 0 Å². The summed E-state index contributed by atoms with van der Waals surface area (Å²) >= 11 is 0. The third-order valence-electron chi connectivity index (χ3n) is 9.05. The molecule has 0 aliphatic heterocycles. The molecule has 6 aromatic carbocycles. The molecule has 0 unspecified atom stereocenters. The third kappa shape index (κ3) is 3.38. The monoisotopic (exact) mass is 576 g/mol. The van der Waals surface area contributed by atoms with E-state index in [1.807, 2.05) is 0 Å². The lowest BCUT2D eigenvalue weighted by atomic mass is 10.0. The van der Waals surface area contributed by atoms with E-state index in [4.69, 9.17) is 14.4 Å². The molecular weight excluding hydrogens is 552 g/mol. The Bertz CT molecular complexity index is 2670. The maximum atomic E-state index is 6.81. The highest BCUT2D eigenvalue weighted by atomic mass is 16.3. The highest BCUT2D eigenvalue weighted by molar-refractivity contribution is 6.13. The number of furan rings is 1. The number of benzene rings is 6. The van der Waals surface area contributed by atoms with Gasteiger partial charge in [0, 0.05) is 38.2 Å². The van der Waals surface area contributed by atoms with Gasteiger partial charge < -0.3 is 8.98 Å². The van der Waals surface area contributed by atoms with E-state index >= 15 is 0 Å². The van der Waals surface area contributed by atoms with Crippen molar-refractivity contribution in [3.63, 3.8) is 0 Å². The van der Waals surface area contributed by atoms with Crippen LogP contribution < -0.4 is 0 Å². The fourth-order valence-electron chi connectivity index (χ4n) is 7.14. The second kappa shape index (κ2) is 9.15. The van der Waals surface area contributed by atoms with Gasteiger partial charge in [-0.3, -0.25) is 4.57 Å². The molecule has 5 heteroatoms. The van der Waals surface area contributed by atoms with E-state index in [1.165, 1.54) is 32.6 Å². The summed E-state index contributed by atoms with van der Waals surface area (Å²) in [6.45, 7) is 0. The molecule has 0 amide bonds. The summed E-state index contributed by atoms with van der Waals surface area (Å²) < 4.78 is 11.3. The molecule has 4 heterocycles. The van der Waals surface area contributed by atoms with Gasteiger partial charge in [-0.25, -0.2) is 9.97 Å². The Morgan fingerprint density at radius 1 is 0.444 bits per heavy atom. The molecule has 0 radical (unpaired) electrons. The SMILES string of the molecule is c1cc(-c2cccc3c2oc2c(-n4c5ccccc5c5ccccc54)ncnc23)cc(-n2c3ccccc3c3ccccc32)c1. The molecule has 0 saturated carbocycles. The van der Waals surface area contributed by atoms with Crippen LogP contribution in [0.4, 0.5) is 0 Å². The number of fused-ring (bicyclic) bond motifs is 9. The molecule has 0 fully saturated rings. The van der Waals surface area contributed by atoms with E-state index in [2.05, 4.69) is 149 Å². The average molecular weight is 577 g/mol. The topological polar surface area (TPSA) is 48.8 Å². The maximum Gasteiger partial charge on any atom is 0.197 e. The van der Waals surface area contributed by atoms with Crippen molar-refractivity contribution in [1.82, 2.24) is 19.1 Å². The summed E-state index contributed by atoms with van der Waals surface area (Å²) in [6, 6.07) is 49.1. The summed E-state index contributed by atoms with van der Waals surface area (Å²) in [5.41, 5.74) is 10.00. The first kappa shape index (κ1) is 24.3. The normalized spacial score (nSPS) is 12.0. The zero-order chi connectivity index (χ0) is 29.5. The lowest BCUT2D eigenvalue weighted by Gasteiger charge is -2.10. The highest BCUT2D eigenvalue weighted by Crippen LogP contribution is 2.40. The van der Waals surface area contributed by atoms with Gasteiger partial charge in [-0.1, -0.05) is 97.1 Å². The maximum absolute atomic E-state index is 6.81. The van der Waals surface area contributed by atoms with Crippen molar-refractivity contribution in [2.75, 3.05) is 0 Å². The fourth-order valence-corrected chi connectivity index (χ4v) is 7.14. The Balaban J connectivity index is 1.21. The molecule has 10 rings (SSSR count). The Hall–Kier alpha value is -6.20. The van der Waals surface area contributed by atoms with Crippen molar-refractivity contribution in [2.24, 2.45) is 0 Å². The molecule has 5 nitrogen and oxygen atoms in total. The van der Waals surface area contributed by atoms with Crippen LogP contribution in [0.15, 0.2) is 150 Å². The number of hydrogen-bond donors (Lipinski definition) is 0. The fraction of sp³-hybridized carbons (Fsp3) is 0. The summed E-state index contributed by atoms with van der Waals surface area (Å²) in [6.07, 6.45) is 1.64. The molecule has 10 aromatic rings. The van der Waals surface area contributed by atoms with Gasteiger partial charge in [0.25, 0.3) is 0 Å². The standard InChI is InChI=1S/C40H24N4O/c1-5-19-33-28(13-1)29-14-2-6-20-34(29)43(33)26-12-9-11-25(23-26)27-17-10-18-32-37-39(45-38(27)32)40(42-24-41-37)44-35-21-7-3-15-30(35)31-16-4-8-22-36(31)44/h1-24H. The largest absolute Gasteiger partial charge is 0.450 e. The molecule has 0 aliphatic carbocycles. The first-order valence-corrected chi connectivity index (χ1v) is 15.1. The Morgan fingerprint density at radius 2 is 0.978 bits per heavy atom. The minimum Gasteiger partial charge on any atom is -0.450 e. The summed E-state index contributed by atoms with van der Waals surface area (Å²) in [4.78, 5) is 9.55. The number of nitrogens with zero attached hydrogens (tertiary/aromatic N) is 4. The van der Waals surface area contributed by atoms with Crippen LogP contribution >= 0.6 is 0 Å². The van der Waals surface area contributed by atoms with E-state index in [1.54, 1.807) is 6.33 Å². The lowest BCUT2D eigenvalue weighted by Crippen LogP contribution is -1.98. The summed E-state index contributed by atoms with van der Waals surface area (Å²) in [7, 11) is 0. The zero-order valence-electron chi connectivity index (χ0n) is 24.1. The second-order valence-corrected chi connectivity index (χ2v) is 11.4. The van der Waals surface area contributed by atoms with E-state index in [9.17, 15) is 0 Å². The van der Waals surface area contributed by atoms with E-state index in [0.717, 1.165) is 50.2 Å². The quantitative estimate of drug-likeness (QED) is 0.210. The lowest BCUT2D eigenvalue weighted by molar-refractivity contribution is 0.663. The van der Waals surface area contributed by atoms with Crippen molar-refractivity contribution in [3.05, 3.63) is 146 Å². The van der Waals surface area contributed by atoms with Gasteiger partial charge in [-0.2, -0.15) is 0 Å². The summed E-state index contributed by atoms with van der Waals surface area (Å²) in [5.74, 6) is 0.735. The van der Waals surface area contributed by atoms with Gasteiger partial charge in [-0.15, -0.1) is 0 Å². The van der Waals surface area contributed by atoms with E-state index < -0.39 is 0 Å². The molecule has 0 spiro atoms. The van der Waals surface area contributed by atoms with E-state index in [0.29, 0.717) is 5.58 Å². The molecule has 0 atom stereocenters. The van der Waals surface area contributed by atoms with Crippen molar-refractivity contribution in [3.8, 4) is 22.6 Å². The second-order valence-electron chi connectivity index (χ2n) is 11.4. The van der Waals surface area contributed by atoms with Crippen molar-refractivity contribution in [2.45, 2.75) is 0 Å². The first-order valence-electron chi connectivity index (χ1n) is 15.1. The van der Waals surface area contributed by atoms with Gasteiger partial charge in [0.15, 0.2) is 11.4 Å². The number of aromatic nitrogens is 4. The predicted molar refractivity (Wildman–Crippen MR) is 183 cm³/mol. The van der Waals surface area contributed by atoms with Crippen molar-refractivity contribution < 1.29 is 4.42 Å². The first-order chi connectivity index (χ1) is 22.3. The summed E-state index contributed by atoms with van der Waals surface area (Å²) in [5, 5.41) is 5.81. The minimum absolute atomic E-state index is 0.671. The van der Waals surface area contributed by atoms with Crippen LogP contribution in [0.1, 0.15) is 0 Å². The molecule has 0 aliphatic rings. The van der Waals surface area contributed by atoms with Crippen LogP contribution in [0.5, 0.6) is 0 Å². The van der Waals surface area contributed by atoms with Crippen LogP contribution in [0, 0.1) is 0 Å². The Morgan fingerprint density at radius 3 is 1.60 bits per heavy atom. The van der Waals surface area contributed by atoms with Gasteiger partial charge in [-0.05, 0) is 48.0 Å². The van der Waals surface area contributed by atoms with Crippen molar-refractivity contribution in [1.29, 1.82) is 0 Å². The number of para-hydroxylation sites is 5. The Kier molecular flexibility index (Phi) is 4.93. The number of hydrogen-bond acceptors (Lipinski definition) is 3. The van der Waals surface area contributed by atoms with Crippen LogP contribution in [0.25, 0.3) is 88.3 Å². The third-order valence-corrected chi connectivity index (χ3v) is 9.05. The predicted octanol–water partition coefficient (Wildman–Crippen LogP) is 10.2. The molecule has 0 N–H and O–H groups in total. The van der Waals surface area contributed by atoms with Crippen LogP contribution in [0.3, 0.4) is 0 Å². The number of rotatable bonds is 3. The van der Waals surface area contributed by atoms with Gasteiger partial charge in [0.05, 0.1) is 22.1 Å². The molecule has 0 saturated heterocycles. The molecule has 210 valence electrons. The Labute approximate surface area is 257 Å². The smallest absolute Gasteiger partial charge is 0.197 e. The van der Waals surface area contributed by atoms with E-state index in [-0.39, 0.29) is 0 Å². The molecule has 4 aromatic heterocycles. The van der Waals surface area contributed by atoms with Crippen LogP contribution in [0.2, 0.25) is 0 Å². The molecule has 0 bridgehead atoms. The zero-order valence-corrected chi connectivity index (χ0v) is 24.1. The minimum atomic E-state index is 0.671.